The van der Waals surface area contributed by atoms with Gasteiger partial charge in [0.05, 0.1) is 23.3 Å². The van der Waals surface area contributed by atoms with Crippen molar-refractivity contribution in [3.8, 4) is 5.75 Å². The Kier molecular flexibility index (Phi) is 6.91. The van der Waals surface area contributed by atoms with Crippen LogP contribution in [0, 0.1) is 5.82 Å². The van der Waals surface area contributed by atoms with Crippen molar-refractivity contribution in [3.05, 3.63) is 34.9 Å². The van der Waals surface area contributed by atoms with E-state index in [2.05, 4.69) is 20.3 Å². The van der Waals surface area contributed by atoms with Gasteiger partial charge in [0.1, 0.15) is 18.2 Å². The Bertz CT molecular complexity index is 979. The number of benzene rings is 1. The number of anilines is 1. The molecule has 1 saturated carbocycles. The number of amides is 1. The van der Waals surface area contributed by atoms with Gasteiger partial charge in [-0.1, -0.05) is 16.7 Å². The van der Waals surface area contributed by atoms with Crippen LogP contribution in [0.2, 0.25) is 5.02 Å². The summed E-state index contributed by atoms with van der Waals surface area (Å²) in [5.41, 5.74) is 0. The molecule has 4 rings (SSSR count). The molecule has 1 N–H and O–H groups in total. The lowest BCUT2D eigenvalue weighted by molar-refractivity contribution is -0.357. The second-order valence-electron chi connectivity index (χ2n) is 7.60. The summed E-state index contributed by atoms with van der Waals surface area (Å²) in [6.07, 6.45) is -5.61. The van der Waals surface area contributed by atoms with Crippen molar-refractivity contribution in [3.63, 3.8) is 0 Å². The molecule has 0 bridgehead atoms. The number of nitrogens with zero attached hydrogens (tertiary/aromatic N) is 3. The van der Waals surface area contributed by atoms with E-state index in [9.17, 15) is 22.4 Å². The van der Waals surface area contributed by atoms with Crippen molar-refractivity contribution in [1.29, 1.82) is 0 Å². The molecule has 2 aliphatic rings. The number of hydrogen-bond acceptors (Lipinski definition) is 8. The number of aromatic nitrogens is 2. The van der Waals surface area contributed by atoms with Gasteiger partial charge in [0.2, 0.25) is 5.89 Å². The van der Waals surface area contributed by atoms with Crippen LogP contribution in [0.4, 0.5) is 23.6 Å². The summed E-state index contributed by atoms with van der Waals surface area (Å²) in [7, 11) is 0. The van der Waals surface area contributed by atoms with Gasteiger partial charge in [-0.25, -0.2) is 4.39 Å². The molecule has 1 aromatic carbocycles. The summed E-state index contributed by atoms with van der Waals surface area (Å²) in [4.78, 5) is 13.7. The number of alkyl halides is 3. The fourth-order valence-corrected chi connectivity index (χ4v) is 3.39. The predicted molar refractivity (Wildman–Crippen MR) is 104 cm³/mol. The number of nitrogens with one attached hydrogen (secondary N) is 1. The topological polar surface area (TPSA) is 99.0 Å². The van der Waals surface area contributed by atoms with E-state index in [1.54, 1.807) is 4.90 Å². The maximum atomic E-state index is 13.4. The van der Waals surface area contributed by atoms with Crippen LogP contribution in [0.15, 0.2) is 22.6 Å². The Balaban J connectivity index is 1.12. The zero-order valence-corrected chi connectivity index (χ0v) is 17.7. The number of hydrogen-bond donors (Lipinski definition) is 1. The third kappa shape index (κ3) is 6.45. The van der Waals surface area contributed by atoms with Crippen LogP contribution in [0.25, 0.3) is 0 Å². The van der Waals surface area contributed by atoms with Gasteiger partial charge in [-0.3, -0.25) is 9.53 Å². The van der Waals surface area contributed by atoms with Crippen LogP contribution >= 0.6 is 11.6 Å². The van der Waals surface area contributed by atoms with E-state index in [1.807, 2.05) is 0 Å². The van der Waals surface area contributed by atoms with Crippen LogP contribution in [0.3, 0.4) is 0 Å². The summed E-state index contributed by atoms with van der Waals surface area (Å²) in [6.45, 7) is 0.564. The first-order valence-corrected chi connectivity index (χ1v) is 10.3. The molecule has 14 heteroatoms. The third-order valence-electron chi connectivity index (χ3n) is 5.03. The number of rotatable bonds is 9. The minimum absolute atomic E-state index is 0.0208. The molecule has 1 amide bonds. The van der Waals surface area contributed by atoms with E-state index in [4.69, 9.17) is 25.5 Å². The minimum Gasteiger partial charge on any atom is -0.484 e. The maximum Gasteiger partial charge on any atom is 0.522 e. The van der Waals surface area contributed by atoms with Gasteiger partial charge in [0, 0.05) is 32.0 Å². The van der Waals surface area contributed by atoms with Crippen molar-refractivity contribution in [2.24, 2.45) is 0 Å². The lowest BCUT2D eigenvalue weighted by atomic mass is 9.92. The largest absolute Gasteiger partial charge is 0.522 e. The highest BCUT2D eigenvalue weighted by atomic mass is 35.5. The molecule has 1 aliphatic heterocycles. The van der Waals surface area contributed by atoms with Crippen LogP contribution in [-0.4, -0.2) is 60.4 Å². The van der Waals surface area contributed by atoms with Crippen molar-refractivity contribution in [1.82, 2.24) is 15.5 Å². The molecular formula is C19H19ClF4N4O5. The lowest BCUT2D eigenvalue weighted by Gasteiger charge is -2.38. The molecule has 9 nitrogen and oxygen atoms in total. The molecule has 2 fully saturated rings. The van der Waals surface area contributed by atoms with Crippen molar-refractivity contribution < 1.29 is 41.0 Å². The average molecular weight is 495 g/mol. The molecule has 1 saturated heterocycles. The first-order chi connectivity index (χ1) is 15.6. The Morgan fingerprint density at radius 2 is 2.00 bits per heavy atom. The lowest BCUT2D eigenvalue weighted by Crippen LogP contribution is -2.60. The Labute approximate surface area is 189 Å². The minimum atomic E-state index is -4.64. The van der Waals surface area contributed by atoms with Crippen molar-refractivity contribution >= 4 is 23.5 Å². The highest BCUT2D eigenvalue weighted by Gasteiger charge is 2.40. The van der Waals surface area contributed by atoms with Gasteiger partial charge in [-0.2, -0.15) is 0 Å². The smallest absolute Gasteiger partial charge is 0.484 e. The molecule has 180 valence electrons. The Morgan fingerprint density at radius 3 is 2.70 bits per heavy atom. The molecule has 1 aromatic heterocycles. The Hall–Kier alpha value is -2.64. The first-order valence-electron chi connectivity index (χ1n) is 9.95. The highest BCUT2D eigenvalue weighted by Crippen LogP contribution is 2.32. The van der Waals surface area contributed by atoms with Gasteiger partial charge < -0.3 is 24.1 Å². The second-order valence-corrected chi connectivity index (χ2v) is 8.01. The summed E-state index contributed by atoms with van der Waals surface area (Å²) in [6, 6.07) is 3.98. The third-order valence-corrected chi connectivity index (χ3v) is 5.34. The molecule has 1 aliphatic carbocycles. The summed E-state index contributed by atoms with van der Waals surface area (Å²) >= 11 is 5.59. The van der Waals surface area contributed by atoms with Crippen LogP contribution in [-0.2, 0) is 20.9 Å². The highest BCUT2D eigenvalue weighted by molar-refractivity contribution is 6.30. The van der Waals surface area contributed by atoms with Gasteiger partial charge in [0.25, 0.3) is 5.91 Å². The normalized spacial score (nSPS) is 20.8. The van der Waals surface area contributed by atoms with Crippen LogP contribution in [0.5, 0.6) is 5.75 Å². The zero-order valence-electron chi connectivity index (χ0n) is 17.0. The SMILES string of the molecule is O=C(COc1ccc(Cl)c(F)c1)NC1CN(c2nnc(CO[C@H]3C[C@H](OC(F)(F)F)C3)o2)C1. The molecule has 0 unspecified atom stereocenters. The second kappa shape index (κ2) is 9.69. The predicted octanol–water partition coefficient (Wildman–Crippen LogP) is 2.83. The number of carbonyl (C=O) groups excluding carboxylic acids is 1. The van der Waals surface area contributed by atoms with Gasteiger partial charge in [0.15, 0.2) is 6.61 Å². The molecule has 2 aromatic rings. The van der Waals surface area contributed by atoms with E-state index in [0.29, 0.717) is 13.1 Å². The van der Waals surface area contributed by atoms with Crippen molar-refractivity contribution in [2.75, 3.05) is 24.6 Å². The number of ether oxygens (including phenoxy) is 3. The van der Waals surface area contributed by atoms with Gasteiger partial charge >= 0.3 is 12.4 Å². The molecule has 0 radical (unpaired) electrons. The zero-order chi connectivity index (χ0) is 23.6. The van der Waals surface area contributed by atoms with Gasteiger partial charge in [-0.15, -0.1) is 18.3 Å². The molecular weight excluding hydrogens is 476 g/mol. The molecule has 0 atom stereocenters. The fraction of sp³-hybridized carbons (Fsp3) is 0.526. The van der Waals surface area contributed by atoms with E-state index < -0.39 is 18.3 Å². The fourth-order valence-electron chi connectivity index (χ4n) is 3.27. The first kappa shape index (κ1) is 23.5. The van der Waals surface area contributed by atoms with E-state index in [1.165, 1.54) is 12.1 Å². The standard InChI is InChI=1S/C19H19ClF4N4O5/c20-14-2-1-11(5-15(14)21)30-8-16(29)25-10-6-28(7-10)18-27-26-17(32-18)9-31-12-3-13(4-12)33-19(22,23)24/h1-2,5,10,12-13H,3-4,6-9H2,(H,25,29)/t12-,13-. The van der Waals surface area contributed by atoms with Gasteiger partial charge in [-0.05, 0) is 12.1 Å². The summed E-state index contributed by atoms with van der Waals surface area (Å²) in [5, 5.41) is 10.5. The molecule has 0 spiro atoms. The van der Waals surface area contributed by atoms with E-state index in [-0.39, 0.29) is 66.8 Å². The molecule has 33 heavy (non-hydrogen) atoms. The molecule has 2 heterocycles. The maximum absolute atomic E-state index is 13.4. The van der Waals surface area contributed by atoms with Crippen LogP contribution < -0.4 is 15.0 Å². The van der Waals surface area contributed by atoms with Crippen molar-refractivity contribution in [2.45, 2.75) is 44.1 Å². The monoisotopic (exact) mass is 494 g/mol. The summed E-state index contributed by atoms with van der Waals surface area (Å²) < 4.78 is 69.8. The Morgan fingerprint density at radius 1 is 1.24 bits per heavy atom. The van der Waals surface area contributed by atoms with Crippen LogP contribution in [0.1, 0.15) is 18.7 Å². The van der Waals surface area contributed by atoms with E-state index in [0.717, 1.165) is 6.07 Å². The number of halogens is 5. The number of carbonyl (C=O) groups is 1. The average Bonchev–Trinajstić information content (AvgIpc) is 3.14. The summed E-state index contributed by atoms with van der Waals surface area (Å²) in [5.74, 6) is -0.627. The van der Waals surface area contributed by atoms with E-state index >= 15 is 0 Å². The quantitative estimate of drug-likeness (QED) is 0.531.